The van der Waals surface area contributed by atoms with Gasteiger partial charge in [0.1, 0.15) is 0 Å². The smallest absolute Gasteiger partial charge is 0.241 e. The first-order chi connectivity index (χ1) is 15.1. The van der Waals surface area contributed by atoms with Gasteiger partial charge in [0.25, 0.3) is 0 Å². The molecule has 0 bridgehead atoms. The zero-order valence-electron chi connectivity index (χ0n) is 18.3. The Kier molecular flexibility index (Phi) is 9.28. The van der Waals surface area contributed by atoms with Crippen LogP contribution in [0.2, 0.25) is 0 Å². The molecule has 0 amide bonds. The van der Waals surface area contributed by atoms with E-state index in [9.17, 15) is 8.42 Å². The van der Waals surface area contributed by atoms with E-state index in [2.05, 4.69) is 10.0 Å². The Bertz CT molecular complexity index is 1070. The van der Waals surface area contributed by atoms with E-state index in [1.807, 2.05) is 48.5 Å². The number of rotatable bonds is 14. The van der Waals surface area contributed by atoms with Crippen molar-refractivity contribution in [3.8, 4) is 0 Å². The van der Waals surface area contributed by atoms with Crippen molar-refractivity contribution in [3.63, 3.8) is 0 Å². The lowest BCUT2D eigenvalue weighted by Gasteiger charge is -2.11. The minimum absolute atomic E-state index is 0.346. The summed E-state index contributed by atoms with van der Waals surface area (Å²) in [4.78, 5) is 0.346. The second-order valence-electron chi connectivity index (χ2n) is 8.09. The molecule has 0 aromatic heterocycles. The lowest BCUT2D eigenvalue weighted by molar-refractivity contribution is 0.554. The largest absolute Gasteiger partial charge is 0.330 e. The Labute approximate surface area is 186 Å². The van der Waals surface area contributed by atoms with Crippen LogP contribution in [0, 0.1) is 0 Å². The summed E-state index contributed by atoms with van der Waals surface area (Å²) in [5.74, 6) is 0. The van der Waals surface area contributed by atoms with Crippen molar-refractivity contribution in [1.29, 1.82) is 0 Å². The van der Waals surface area contributed by atoms with E-state index in [1.54, 1.807) is 6.07 Å². The van der Waals surface area contributed by atoms with Crippen LogP contribution in [0.25, 0.3) is 21.5 Å². The van der Waals surface area contributed by atoms with Crippen LogP contribution in [0.15, 0.2) is 59.5 Å². The molecule has 0 aliphatic rings. The van der Waals surface area contributed by atoms with Crippen molar-refractivity contribution in [3.05, 3.63) is 54.6 Å². The molecule has 3 rings (SSSR count). The van der Waals surface area contributed by atoms with Crippen LogP contribution in [0.4, 0.5) is 0 Å². The first kappa shape index (κ1) is 23.7. The van der Waals surface area contributed by atoms with E-state index in [0.29, 0.717) is 11.4 Å². The van der Waals surface area contributed by atoms with Gasteiger partial charge in [-0.1, -0.05) is 62.1 Å². The molecule has 0 aliphatic heterocycles. The van der Waals surface area contributed by atoms with E-state index >= 15 is 0 Å². The number of sulfonamides is 1. The molecule has 0 atom stereocenters. The van der Waals surface area contributed by atoms with Crippen molar-refractivity contribution in [2.75, 3.05) is 26.2 Å². The predicted octanol–water partition coefficient (Wildman–Crippen LogP) is 4.55. The molecule has 0 saturated heterocycles. The van der Waals surface area contributed by atoms with Gasteiger partial charge in [-0.05, 0) is 73.3 Å². The summed E-state index contributed by atoms with van der Waals surface area (Å²) >= 11 is 0. The summed E-state index contributed by atoms with van der Waals surface area (Å²) in [5, 5.41) is 7.26. The SMILES string of the molecule is NCCCCCCCCNCCCNS(=O)(=O)c1cccc2cc3ccccc3cc12. The molecule has 0 saturated carbocycles. The second-order valence-corrected chi connectivity index (χ2v) is 9.82. The van der Waals surface area contributed by atoms with Gasteiger partial charge in [-0.25, -0.2) is 13.1 Å². The van der Waals surface area contributed by atoms with Crippen molar-refractivity contribution < 1.29 is 8.42 Å². The lowest BCUT2D eigenvalue weighted by atomic mass is 10.0. The minimum Gasteiger partial charge on any atom is -0.330 e. The molecule has 5 nitrogen and oxygen atoms in total. The van der Waals surface area contributed by atoms with E-state index in [4.69, 9.17) is 5.73 Å². The molecule has 4 N–H and O–H groups in total. The van der Waals surface area contributed by atoms with Crippen molar-refractivity contribution in [2.45, 2.75) is 49.8 Å². The number of hydrogen-bond acceptors (Lipinski definition) is 4. The van der Waals surface area contributed by atoms with Gasteiger partial charge < -0.3 is 11.1 Å². The van der Waals surface area contributed by atoms with Gasteiger partial charge in [0.2, 0.25) is 10.0 Å². The van der Waals surface area contributed by atoms with Crippen molar-refractivity contribution in [1.82, 2.24) is 10.0 Å². The summed E-state index contributed by atoms with van der Waals surface area (Å²) in [6.45, 7) is 3.02. The van der Waals surface area contributed by atoms with Gasteiger partial charge in [-0.3, -0.25) is 0 Å². The molecular formula is C25H35N3O2S. The van der Waals surface area contributed by atoms with Crippen molar-refractivity contribution >= 4 is 31.6 Å². The summed E-state index contributed by atoms with van der Waals surface area (Å²) in [5.41, 5.74) is 5.50. The third-order valence-corrected chi connectivity index (χ3v) is 7.15. The van der Waals surface area contributed by atoms with Crippen molar-refractivity contribution in [2.24, 2.45) is 5.73 Å². The first-order valence-electron chi connectivity index (χ1n) is 11.4. The van der Waals surface area contributed by atoms with Gasteiger partial charge in [0.15, 0.2) is 0 Å². The third-order valence-electron chi connectivity index (χ3n) is 5.63. The summed E-state index contributed by atoms with van der Waals surface area (Å²) in [6.07, 6.45) is 8.06. The molecule has 0 fully saturated rings. The Morgan fingerprint density at radius 2 is 1.32 bits per heavy atom. The van der Waals surface area contributed by atoms with Gasteiger partial charge >= 0.3 is 0 Å². The number of fused-ring (bicyclic) bond motifs is 2. The fourth-order valence-corrected chi connectivity index (χ4v) is 5.19. The van der Waals surface area contributed by atoms with E-state index in [-0.39, 0.29) is 0 Å². The minimum atomic E-state index is -3.55. The number of hydrogen-bond donors (Lipinski definition) is 3. The zero-order valence-corrected chi connectivity index (χ0v) is 19.1. The molecular weight excluding hydrogens is 406 g/mol. The van der Waals surface area contributed by atoms with Crippen LogP contribution in [0.5, 0.6) is 0 Å². The van der Waals surface area contributed by atoms with Gasteiger partial charge in [-0.15, -0.1) is 0 Å². The molecule has 6 heteroatoms. The van der Waals surface area contributed by atoms with E-state index < -0.39 is 10.0 Å². The van der Waals surface area contributed by atoms with E-state index in [0.717, 1.165) is 60.4 Å². The standard InChI is InChI=1S/C25H35N3O2S/c26-15-7-3-1-2-4-8-16-27-17-10-18-28-31(29,30)25-14-9-13-23-19-21-11-5-6-12-22(21)20-24(23)25/h5-6,9,11-14,19-20,27-28H,1-4,7-8,10,15-18,26H2. The number of nitrogens with two attached hydrogens (primary N) is 1. The quantitative estimate of drug-likeness (QED) is 0.253. The molecule has 31 heavy (non-hydrogen) atoms. The summed E-state index contributed by atoms with van der Waals surface area (Å²) in [7, 11) is -3.55. The average molecular weight is 442 g/mol. The zero-order chi connectivity index (χ0) is 21.9. The third kappa shape index (κ3) is 7.01. The van der Waals surface area contributed by atoms with Crippen LogP contribution in [-0.2, 0) is 10.0 Å². The Hall–Kier alpha value is -1.99. The van der Waals surface area contributed by atoms with Crippen LogP contribution in [-0.4, -0.2) is 34.6 Å². The Morgan fingerprint density at radius 3 is 2.10 bits per heavy atom. The molecule has 0 heterocycles. The monoisotopic (exact) mass is 441 g/mol. The number of benzene rings is 3. The fraction of sp³-hybridized carbons (Fsp3) is 0.440. The highest BCUT2D eigenvalue weighted by atomic mass is 32.2. The molecule has 3 aromatic rings. The number of nitrogens with one attached hydrogen (secondary N) is 2. The van der Waals surface area contributed by atoms with Crippen LogP contribution in [0.1, 0.15) is 44.9 Å². The first-order valence-corrected chi connectivity index (χ1v) is 12.9. The van der Waals surface area contributed by atoms with Gasteiger partial charge in [-0.2, -0.15) is 0 Å². The summed E-state index contributed by atoms with van der Waals surface area (Å²) < 4.78 is 28.6. The number of unbranched alkanes of at least 4 members (excludes halogenated alkanes) is 5. The second kappa shape index (κ2) is 12.2. The predicted molar refractivity (Wildman–Crippen MR) is 131 cm³/mol. The maximum Gasteiger partial charge on any atom is 0.241 e. The highest BCUT2D eigenvalue weighted by Gasteiger charge is 2.17. The highest BCUT2D eigenvalue weighted by molar-refractivity contribution is 7.89. The average Bonchev–Trinajstić information content (AvgIpc) is 2.78. The molecule has 0 spiro atoms. The molecule has 0 radical (unpaired) electrons. The van der Waals surface area contributed by atoms with Crippen LogP contribution >= 0.6 is 0 Å². The molecule has 3 aromatic carbocycles. The topological polar surface area (TPSA) is 84.2 Å². The highest BCUT2D eigenvalue weighted by Crippen LogP contribution is 2.27. The maximum atomic E-state index is 12.9. The van der Waals surface area contributed by atoms with Crippen LogP contribution in [0.3, 0.4) is 0 Å². The maximum absolute atomic E-state index is 12.9. The normalized spacial score (nSPS) is 12.0. The molecule has 168 valence electrons. The summed E-state index contributed by atoms with van der Waals surface area (Å²) in [6, 6.07) is 17.5. The Morgan fingerprint density at radius 1 is 0.677 bits per heavy atom. The van der Waals surface area contributed by atoms with Gasteiger partial charge in [0, 0.05) is 11.9 Å². The Balaban J connectivity index is 1.45. The molecule has 0 unspecified atom stereocenters. The lowest BCUT2D eigenvalue weighted by Crippen LogP contribution is -2.28. The van der Waals surface area contributed by atoms with Gasteiger partial charge in [0.05, 0.1) is 4.90 Å². The molecule has 0 aliphatic carbocycles. The van der Waals surface area contributed by atoms with Crippen LogP contribution < -0.4 is 15.8 Å². The van der Waals surface area contributed by atoms with E-state index in [1.165, 1.54) is 25.7 Å². The fourth-order valence-electron chi connectivity index (χ4n) is 3.90.